The molecule has 0 amide bonds. The van der Waals surface area contributed by atoms with E-state index in [1.54, 1.807) is 0 Å². The molecule has 2 atom stereocenters. The fraction of sp³-hybridized carbons (Fsp3) is 0.740. The molecule has 0 aliphatic heterocycles. The number of phosphoric ester groups is 1. The minimum absolute atomic E-state index is 0.0506. The highest BCUT2D eigenvalue weighted by Gasteiger charge is 2.26. The molecule has 0 saturated carbocycles. The predicted octanol–water partition coefficient (Wildman–Crippen LogP) is 24.1. The zero-order chi connectivity index (χ0) is 63.0. The van der Waals surface area contributed by atoms with Crippen LogP contribution in [0, 0.1) is 0 Å². The number of ether oxygens (including phenoxy) is 2. The van der Waals surface area contributed by atoms with Gasteiger partial charge in [0.25, 0.3) is 0 Å². The molecule has 0 aromatic rings. The Kier molecular flexibility index (Phi) is 69.0. The van der Waals surface area contributed by atoms with E-state index in [1.807, 2.05) is 0 Å². The summed E-state index contributed by atoms with van der Waals surface area (Å²) in [7, 11) is -4.40. The van der Waals surface area contributed by atoms with Crippen LogP contribution in [0.4, 0.5) is 0 Å². The summed E-state index contributed by atoms with van der Waals surface area (Å²) in [6, 6.07) is 0. The van der Waals surface area contributed by atoms with Crippen LogP contribution >= 0.6 is 7.82 Å². The first-order valence-corrected chi connectivity index (χ1v) is 37.9. The Morgan fingerprint density at radius 1 is 0.356 bits per heavy atom. The largest absolute Gasteiger partial charge is 0.472 e. The fourth-order valence-electron chi connectivity index (χ4n) is 10.3. The minimum Gasteiger partial charge on any atom is -0.462 e. The van der Waals surface area contributed by atoms with Crippen LogP contribution < -0.4 is 5.73 Å². The van der Waals surface area contributed by atoms with Crippen LogP contribution in [0.15, 0.2) is 109 Å². The third-order valence-corrected chi connectivity index (χ3v) is 16.7. The first-order chi connectivity index (χ1) is 42.8. The normalized spacial score (nSPS) is 13.6. The van der Waals surface area contributed by atoms with Gasteiger partial charge < -0.3 is 20.1 Å². The third kappa shape index (κ3) is 71.6. The van der Waals surface area contributed by atoms with Crippen LogP contribution in [0.3, 0.4) is 0 Å². The van der Waals surface area contributed by atoms with Gasteiger partial charge in [-0.25, -0.2) is 4.57 Å². The molecular formula is C77H136NO8P. The monoisotopic (exact) mass is 1230 g/mol. The van der Waals surface area contributed by atoms with E-state index >= 15 is 0 Å². The lowest BCUT2D eigenvalue weighted by atomic mass is 10.0. The van der Waals surface area contributed by atoms with Crippen molar-refractivity contribution >= 4 is 19.8 Å². The molecule has 3 N–H and O–H groups in total. The van der Waals surface area contributed by atoms with Crippen molar-refractivity contribution in [1.29, 1.82) is 0 Å². The van der Waals surface area contributed by atoms with Gasteiger partial charge in [0.1, 0.15) is 6.61 Å². The van der Waals surface area contributed by atoms with Crippen LogP contribution in [0.25, 0.3) is 0 Å². The molecule has 0 heterocycles. The topological polar surface area (TPSA) is 134 Å². The number of hydrogen-bond acceptors (Lipinski definition) is 8. The van der Waals surface area contributed by atoms with Gasteiger partial charge in [0, 0.05) is 19.4 Å². The molecule has 10 heteroatoms. The number of carbonyl (C=O) groups is 2. The predicted molar refractivity (Wildman–Crippen MR) is 376 cm³/mol. The zero-order valence-corrected chi connectivity index (χ0v) is 57.4. The molecule has 9 nitrogen and oxygen atoms in total. The first kappa shape index (κ1) is 83.7. The van der Waals surface area contributed by atoms with Crippen LogP contribution in [0.1, 0.15) is 335 Å². The maximum atomic E-state index is 12.8. The maximum absolute atomic E-state index is 12.8. The lowest BCUT2D eigenvalue weighted by molar-refractivity contribution is -0.161. The number of carbonyl (C=O) groups excluding carboxylic acids is 2. The molecule has 0 aromatic carbocycles. The standard InChI is InChI=1S/C77H136NO8P/c1-3-5-7-9-11-13-15-17-19-21-23-25-27-29-31-32-33-34-35-36-37-38-39-40-41-42-44-46-48-50-52-54-56-58-60-62-64-66-68-70-77(80)86-75(74-85-87(81,82)84-72-71-78)73-83-76(79)69-67-65-63-61-59-57-55-53-51-49-47-45-43-30-28-26-24-22-20-18-16-14-12-10-8-6-4-2/h5,7,11,13,17,19,23,25,29,31,33-34,36-37,39-40,42,44,75H,3-4,6,8-10,12,14-16,18,20-22,24,26-28,30,32,35,38,41,43,45-74,78H2,1-2H3,(H,81,82)/b7-5-,13-11-,19-17-,25-23-,31-29-,34-33-,37-36-,40-39-,44-42-. The highest BCUT2D eigenvalue weighted by atomic mass is 31.2. The second-order valence-electron chi connectivity index (χ2n) is 24.1. The molecule has 0 bridgehead atoms. The van der Waals surface area contributed by atoms with Gasteiger partial charge in [-0.2, -0.15) is 0 Å². The lowest BCUT2D eigenvalue weighted by Gasteiger charge is -2.19. The third-order valence-electron chi connectivity index (χ3n) is 15.7. The Morgan fingerprint density at radius 3 is 0.943 bits per heavy atom. The maximum Gasteiger partial charge on any atom is 0.472 e. The van der Waals surface area contributed by atoms with E-state index in [0.717, 1.165) is 103 Å². The summed E-state index contributed by atoms with van der Waals surface area (Å²) < 4.78 is 33.2. The average Bonchev–Trinajstić information content (AvgIpc) is 3.64. The van der Waals surface area contributed by atoms with Crippen molar-refractivity contribution in [1.82, 2.24) is 0 Å². The van der Waals surface area contributed by atoms with Crippen molar-refractivity contribution in [2.24, 2.45) is 5.73 Å². The molecule has 0 radical (unpaired) electrons. The summed E-state index contributed by atoms with van der Waals surface area (Å²) in [5, 5.41) is 0. The van der Waals surface area contributed by atoms with Crippen LogP contribution in [0.2, 0.25) is 0 Å². The van der Waals surface area contributed by atoms with E-state index in [1.165, 1.54) is 199 Å². The molecule has 0 aliphatic carbocycles. The Labute approximate surface area is 537 Å². The van der Waals surface area contributed by atoms with Crippen molar-refractivity contribution in [3.8, 4) is 0 Å². The number of phosphoric acid groups is 1. The zero-order valence-electron chi connectivity index (χ0n) is 56.5. The van der Waals surface area contributed by atoms with Crippen molar-refractivity contribution in [3.63, 3.8) is 0 Å². The molecule has 0 saturated heterocycles. The number of nitrogens with two attached hydrogens (primary N) is 1. The number of hydrogen-bond donors (Lipinski definition) is 2. The first-order valence-electron chi connectivity index (χ1n) is 36.4. The quantitative estimate of drug-likeness (QED) is 0.0264. The number of unbranched alkanes of at least 4 members (excludes halogenated alkanes) is 37. The van der Waals surface area contributed by atoms with Gasteiger partial charge in [0.15, 0.2) is 6.10 Å². The second kappa shape index (κ2) is 71.7. The van der Waals surface area contributed by atoms with E-state index in [9.17, 15) is 19.0 Å². The smallest absolute Gasteiger partial charge is 0.462 e. The van der Waals surface area contributed by atoms with Gasteiger partial charge in [0.05, 0.1) is 13.2 Å². The molecule has 87 heavy (non-hydrogen) atoms. The SMILES string of the molecule is CC/C=C\C/C=C\C/C=C\C/C=C\C/C=C\C/C=C\C/C=C\C/C=C\C/C=C\CCCCCCCCCCCCCC(=O)OC(COC(=O)CCCCCCCCCCCCCCCCCCCCCCCCCCCCC)COP(=O)(O)OCCN. The Hall–Kier alpha value is -3.33. The summed E-state index contributed by atoms with van der Waals surface area (Å²) in [4.78, 5) is 35.4. The van der Waals surface area contributed by atoms with Gasteiger partial charge in [-0.05, 0) is 83.5 Å². The highest BCUT2D eigenvalue weighted by molar-refractivity contribution is 7.47. The fourth-order valence-corrected chi connectivity index (χ4v) is 11.1. The van der Waals surface area contributed by atoms with E-state index in [-0.39, 0.29) is 38.6 Å². The van der Waals surface area contributed by atoms with Crippen LogP contribution in [-0.4, -0.2) is 49.3 Å². The Bertz CT molecular complexity index is 1800. The van der Waals surface area contributed by atoms with Crippen molar-refractivity contribution in [3.05, 3.63) is 109 Å². The second-order valence-corrected chi connectivity index (χ2v) is 25.5. The van der Waals surface area contributed by atoms with E-state index in [0.29, 0.717) is 6.42 Å². The molecule has 0 rings (SSSR count). The molecule has 0 aliphatic rings. The van der Waals surface area contributed by atoms with Crippen molar-refractivity contribution < 1.29 is 37.6 Å². The summed E-state index contributed by atoms with van der Waals surface area (Å²) in [5.41, 5.74) is 5.41. The van der Waals surface area contributed by atoms with Gasteiger partial charge in [-0.1, -0.05) is 348 Å². The summed E-state index contributed by atoms with van der Waals surface area (Å²) >= 11 is 0. The average molecular weight is 1230 g/mol. The van der Waals surface area contributed by atoms with E-state index in [2.05, 4.69) is 123 Å². The number of rotatable bonds is 68. The molecule has 0 aromatic heterocycles. The van der Waals surface area contributed by atoms with E-state index in [4.69, 9.17) is 24.3 Å². The summed E-state index contributed by atoms with van der Waals surface area (Å²) in [6.45, 7) is 3.67. The van der Waals surface area contributed by atoms with Gasteiger partial charge in [-0.3, -0.25) is 18.6 Å². The Morgan fingerprint density at radius 2 is 0.632 bits per heavy atom. The highest BCUT2D eigenvalue weighted by Crippen LogP contribution is 2.43. The Balaban J connectivity index is 3.89. The molecule has 2 unspecified atom stereocenters. The lowest BCUT2D eigenvalue weighted by Crippen LogP contribution is -2.29. The van der Waals surface area contributed by atoms with Gasteiger partial charge >= 0.3 is 19.8 Å². The molecule has 0 spiro atoms. The minimum atomic E-state index is -4.40. The van der Waals surface area contributed by atoms with Gasteiger partial charge in [-0.15, -0.1) is 0 Å². The molecule has 502 valence electrons. The van der Waals surface area contributed by atoms with Gasteiger partial charge in [0.2, 0.25) is 0 Å². The van der Waals surface area contributed by atoms with Crippen molar-refractivity contribution in [2.75, 3.05) is 26.4 Å². The summed E-state index contributed by atoms with van der Waals surface area (Å²) in [5.74, 6) is -0.821. The van der Waals surface area contributed by atoms with Crippen molar-refractivity contribution in [2.45, 2.75) is 341 Å². The number of esters is 2. The van der Waals surface area contributed by atoms with E-state index < -0.39 is 26.5 Å². The molecular weight excluding hydrogens is 1100 g/mol. The van der Waals surface area contributed by atoms with Crippen LogP contribution in [0.5, 0.6) is 0 Å². The number of allylic oxidation sites excluding steroid dienone is 18. The molecule has 0 fully saturated rings. The summed E-state index contributed by atoms with van der Waals surface area (Å²) in [6.07, 6.45) is 99.0. The van der Waals surface area contributed by atoms with Crippen LogP contribution in [-0.2, 0) is 32.7 Å².